The summed E-state index contributed by atoms with van der Waals surface area (Å²) in [6.45, 7) is 6.34. The second-order valence-electron chi connectivity index (χ2n) is 7.82. The van der Waals surface area contributed by atoms with Crippen molar-refractivity contribution in [3.8, 4) is 5.75 Å². The summed E-state index contributed by atoms with van der Waals surface area (Å²) in [7, 11) is 0. The van der Waals surface area contributed by atoms with Crippen molar-refractivity contribution in [2.45, 2.75) is 32.9 Å². The van der Waals surface area contributed by atoms with Gasteiger partial charge in [0.2, 0.25) is 0 Å². The summed E-state index contributed by atoms with van der Waals surface area (Å²) in [6, 6.07) is 20.1. The van der Waals surface area contributed by atoms with Crippen molar-refractivity contribution >= 4 is 12.1 Å². The van der Waals surface area contributed by atoms with E-state index in [2.05, 4.69) is 10.5 Å². The van der Waals surface area contributed by atoms with Crippen LogP contribution in [0.2, 0.25) is 0 Å². The molecule has 0 aliphatic rings. The lowest BCUT2D eigenvalue weighted by Crippen LogP contribution is -2.30. The Morgan fingerprint density at radius 1 is 1.03 bits per heavy atom. The van der Waals surface area contributed by atoms with Gasteiger partial charge in [0.25, 0.3) is 11.5 Å². The molecule has 6 nitrogen and oxygen atoms in total. The van der Waals surface area contributed by atoms with Gasteiger partial charge in [-0.25, -0.2) is 5.43 Å². The Bertz CT molecular complexity index is 1080. The van der Waals surface area contributed by atoms with Gasteiger partial charge in [0.15, 0.2) is 0 Å². The average Bonchev–Trinajstić information content (AvgIpc) is 2.70. The van der Waals surface area contributed by atoms with Crippen LogP contribution in [0.1, 0.15) is 42.3 Å². The Morgan fingerprint density at radius 3 is 2.40 bits per heavy atom. The Morgan fingerprint density at radius 2 is 1.73 bits per heavy atom. The van der Waals surface area contributed by atoms with Gasteiger partial charge >= 0.3 is 0 Å². The molecule has 6 heteroatoms. The average molecular weight is 403 g/mol. The van der Waals surface area contributed by atoms with Gasteiger partial charge in [0, 0.05) is 6.20 Å². The fourth-order valence-corrected chi connectivity index (χ4v) is 2.82. The van der Waals surface area contributed by atoms with Crippen molar-refractivity contribution in [2.75, 3.05) is 0 Å². The lowest BCUT2D eigenvalue weighted by atomic mass is 10.2. The lowest BCUT2D eigenvalue weighted by Gasteiger charge is -2.21. The second-order valence-corrected chi connectivity index (χ2v) is 7.82. The number of pyridine rings is 1. The summed E-state index contributed by atoms with van der Waals surface area (Å²) in [6.07, 6.45) is 3.18. The third kappa shape index (κ3) is 5.91. The van der Waals surface area contributed by atoms with Crippen molar-refractivity contribution in [3.63, 3.8) is 0 Å². The molecule has 0 aliphatic heterocycles. The molecule has 0 fully saturated rings. The van der Waals surface area contributed by atoms with Gasteiger partial charge in [-0.3, -0.25) is 9.59 Å². The highest BCUT2D eigenvalue weighted by Gasteiger charge is 2.12. The monoisotopic (exact) mass is 403 g/mol. The number of amides is 1. The molecule has 30 heavy (non-hydrogen) atoms. The number of benzene rings is 2. The number of carbonyl (C=O) groups is 1. The number of hydrazone groups is 1. The maximum absolute atomic E-state index is 12.6. The molecule has 0 spiro atoms. The Balaban J connectivity index is 1.65. The maximum atomic E-state index is 12.6. The molecule has 0 atom stereocenters. The molecule has 0 unspecified atom stereocenters. The van der Waals surface area contributed by atoms with Crippen molar-refractivity contribution in [1.29, 1.82) is 0 Å². The number of nitrogens with zero attached hydrogens (tertiary/aromatic N) is 2. The molecule has 2 aromatic carbocycles. The number of carbonyl (C=O) groups excluding carboxylic acids is 1. The van der Waals surface area contributed by atoms with Crippen molar-refractivity contribution in [3.05, 3.63) is 100.0 Å². The Hall–Kier alpha value is -3.67. The van der Waals surface area contributed by atoms with E-state index >= 15 is 0 Å². The molecule has 1 amide bonds. The summed E-state index contributed by atoms with van der Waals surface area (Å²) < 4.78 is 7.27. The molecule has 0 aliphatic carbocycles. The Kier molecular flexibility index (Phi) is 6.47. The van der Waals surface area contributed by atoms with Crippen LogP contribution in [0.3, 0.4) is 0 Å². The summed E-state index contributed by atoms with van der Waals surface area (Å²) in [4.78, 5) is 25.0. The van der Waals surface area contributed by atoms with Gasteiger partial charge in [-0.05, 0) is 68.3 Å². The highest BCUT2D eigenvalue weighted by molar-refractivity contribution is 5.94. The molecule has 0 bridgehead atoms. The van der Waals surface area contributed by atoms with Gasteiger partial charge in [0.1, 0.15) is 16.9 Å². The van der Waals surface area contributed by atoms with Gasteiger partial charge < -0.3 is 9.30 Å². The molecule has 1 heterocycles. The van der Waals surface area contributed by atoms with E-state index in [1.165, 1.54) is 16.8 Å². The van der Waals surface area contributed by atoms with Crippen LogP contribution in [-0.4, -0.2) is 22.3 Å². The minimum atomic E-state index is -0.550. The minimum absolute atomic E-state index is 0.0412. The van der Waals surface area contributed by atoms with E-state index in [9.17, 15) is 9.59 Å². The van der Waals surface area contributed by atoms with E-state index in [1.54, 1.807) is 12.3 Å². The standard InChI is InChI=1S/C24H25N3O3/c1-24(2,3)30-20-13-11-18(12-14-20)16-25-26-22(28)21-10-7-15-27(23(21)29)17-19-8-5-4-6-9-19/h4-16H,17H2,1-3H3,(H,26,28)/b25-16-. The summed E-state index contributed by atoms with van der Waals surface area (Å²) in [5, 5.41) is 3.96. The molecule has 3 aromatic rings. The minimum Gasteiger partial charge on any atom is -0.488 e. The number of rotatable bonds is 6. The van der Waals surface area contributed by atoms with Crippen molar-refractivity contribution < 1.29 is 9.53 Å². The van der Waals surface area contributed by atoms with Crippen molar-refractivity contribution in [1.82, 2.24) is 9.99 Å². The molecule has 154 valence electrons. The van der Waals surface area contributed by atoms with Gasteiger partial charge in [-0.2, -0.15) is 5.10 Å². The summed E-state index contributed by atoms with van der Waals surface area (Å²) in [5.41, 5.74) is 3.60. The first-order valence-corrected chi connectivity index (χ1v) is 9.68. The van der Waals surface area contributed by atoms with Gasteiger partial charge in [0.05, 0.1) is 12.8 Å². The van der Waals surface area contributed by atoms with Crippen LogP contribution in [0, 0.1) is 0 Å². The quantitative estimate of drug-likeness (QED) is 0.502. The number of hydrogen-bond acceptors (Lipinski definition) is 4. The van der Waals surface area contributed by atoms with Gasteiger partial charge in [-0.15, -0.1) is 0 Å². The van der Waals surface area contributed by atoms with E-state index in [-0.39, 0.29) is 16.7 Å². The predicted octanol–water partition coefficient (Wildman–Crippen LogP) is 3.84. The molecule has 1 aromatic heterocycles. The molecule has 1 N–H and O–H groups in total. The largest absolute Gasteiger partial charge is 0.488 e. The highest BCUT2D eigenvalue weighted by Crippen LogP contribution is 2.17. The normalized spacial score (nSPS) is 11.4. The molecule has 0 saturated heterocycles. The van der Waals surface area contributed by atoms with Crippen LogP contribution in [0.5, 0.6) is 5.75 Å². The fraction of sp³-hybridized carbons (Fsp3) is 0.208. The molecule has 0 saturated carbocycles. The van der Waals surface area contributed by atoms with Crippen LogP contribution in [0.25, 0.3) is 0 Å². The highest BCUT2D eigenvalue weighted by atomic mass is 16.5. The van der Waals surface area contributed by atoms with Gasteiger partial charge in [-0.1, -0.05) is 30.3 Å². The summed E-state index contributed by atoms with van der Waals surface area (Å²) in [5.74, 6) is 0.207. The van der Waals surface area contributed by atoms with Crippen LogP contribution in [0.4, 0.5) is 0 Å². The van der Waals surface area contributed by atoms with E-state index in [0.29, 0.717) is 6.54 Å². The number of hydrogen-bond donors (Lipinski definition) is 1. The second kappa shape index (κ2) is 9.22. The van der Waals surface area contributed by atoms with Crippen molar-refractivity contribution in [2.24, 2.45) is 5.10 Å². The third-order valence-electron chi connectivity index (χ3n) is 4.14. The zero-order valence-electron chi connectivity index (χ0n) is 17.3. The number of ether oxygens (including phenoxy) is 1. The zero-order chi connectivity index (χ0) is 21.6. The van der Waals surface area contributed by atoms with Crippen LogP contribution >= 0.6 is 0 Å². The first kappa shape index (κ1) is 21.0. The van der Waals surface area contributed by atoms with E-state index in [1.807, 2.05) is 75.4 Å². The number of nitrogens with one attached hydrogen (secondary N) is 1. The fourth-order valence-electron chi connectivity index (χ4n) is 2.82. The smallest absolute Gasteiger partial charge is 0.276 e. The molecular formula is C24H25N3O3. The summed E-state index contributed by atoms with van der Waals surface area (Å²) >= 11 is 0. The Labute approximate surface area is 175 Å². The zero-order valence-corrected chi connectivity index (χ0v) is 17.3. The maximum Gasteiger partial charge on any atom is 0.276 e. The molecule has 0 radical (unpaired) electrons. The van der Waals surface area contributed by atoms with Crippen LogP contribution < -0.4 is 15.7 Å². The third-order valence-corrected chi connectivity index (χ3v) is 4.14. The number of aromatic nitrogens is 1. The topological polar surface area (TPSA) is 72.7 Å². The van der Waals surface area contributed by atoms with E-state index in [0.717, 1.165) is 16.9 Å². The first-order valence-electron chi connectivity index (χ1n) is 9.68. The predicted molar refractivity (Wildman–Crippen MR) is 118 cm³/mol. The SMILES string of the molecule is CC(C)(C)Oc1ccc(/C=N\NC(=O)c2cccn(Cc3ccccc3)c2=O)cc1. The molecular weight excluding hydrogens is 378 g/mol. The molecule has 3 rings (SSSR count). The van der Waals surface area contributed by atoms with E-state index < -0.39 is 5.91 Å². The lowest BCUT2D eigenvalue weighted by molar-refractivity contribution is 0.0953. The van der Waals surface area contributed by atoms with E-state index in [4.69, 9.17) is 4.74 Å². The van der Waals surface area contributed by atoms with Crippen LogP contribution in [-0.2, 0) is 6.54 Å². The van der Waals surface area contributed by atoms with Crippen LogP contribution in [0.15, 0.2) is 82.8 Å². The first-order chi connectivity index (χ1) is 14.3.